The van der Waals surface area contributed by atoms with Crippen molar-refractivity contribution in [1.29, 1.82) is 0 Å². The maximum Gasteiger partial charge on any atom is 0.233 e. The summed E-state index contributed by atoms with van der Waals surface area (Å²) >= 11 is 0. The van der Waals surface area contributed by atoms with Crippen LogP contribution in [0, 0.1) is 12.3 Å². The van der Waals surface area contributed by atoms with Crippen molar-refractivity contribution in [2.24, 2.45) is 5.41 Å². The van der Waals surface area contributed by atoms with Gasteiger partial charge in [0.15, 0.2) is 17.0 Å². The molecule has 9 heteroatoms. The molecule has 0 aliphatic heterocycles. The van der Waals surface area contributed by atoms with Crippen molar-refractivity contribution < 1.29 is 4.79 Å². The zero-order valence-electron chi connectivity index (χ0n) is 23.1. The summed E-state index contributed by atoms with van der Waals surface area (Å²) in [4.78, 5) is 27.4. The number of amides is 1. The molecule has 2 N–H and O–H groups in total. The molecular formula is C30H34N8O. The normalized spacial score (nSPS) is 11.6. The lowest BCUT2D eigenvalue weighted by atomic mass is 9.96. The van der Waals surface area contributed by atoms with Gasteiger partial charge in [-0.15, -0.1) is 0 Å². The standard InChI is InChI=1S/C30H34N8O/c1-6-16-37-26-24(33-29(37)38-19-23(18-32-38)22-14-12-20(2)13-15-22)25(34-27(39)30(3,4)5)35-28(36-26)31-17-21-10-8-7-9-11-21/h7-15,18-19H,6,16-17H2,1-5H3,(H2,31,34,35,36,39). The molecule has 0 atom stereocenters. The highest BCUT2D eigenvalue weighted by molar-refractivity contribution is 6.00. The third-order valence-electron chi connectivity index (χ3n) is 6.40. The third kappa shape index (κ3) is 5.67. The second kappa shape index (κ2) is 10.7. The maximum absolute atomic E-state index is 13.0. The first-order valence-electron chi connectivity index (χ1n) is 13.2. The molecule has 9 nitrogen and oxygen atoms in total. The van der Waals surface area contributed by atoms with Crippen LogP contribution >= 0.6 is 0 Å². The zero-order valence-corrected chi connectivity index (χ0v) is 23.1. The molecule has 0 aliphatic carbocycles. The molecule has 0 spiro atoms. The summed E-state index contributed by atoms with van der Waals surface area (Å²) in [5.74, 6) is 1.26. The van der Waals surface area contributed by atoms with Crippen LogP contribution in [0.4, 0.5) is 11.8 Å². The number of aromatic nitrogens is 6. The second-order valence-corrected chi connectivity index (χ2v) is 10.7. The monoisotopic (exact) mass is 522 g/mol. The van der Waals surface area contributed by atoms with Gasteiger partial charge in [0.2, 0.25) is 17.8 Å². The molecule has 200 valence electrons. The number of rotatable bonds is 8. The highest BCUT2D eigenvalue weighted by atomic mass is 16.2. The minimum Gasteiger partial charge on any atom is -0.350 e. The quantitative estimate of drug-likeness (QED) is 0.259. The lowest BCUT2D eigenvalue weighted by Crippen LogP contribution is -2.28. The van der Waals surface area contributed by atoms with Crippen LogP contribution in [-0.2, 0) is 17.9 Å². The lowest BCUT2D eigenvalue weighted by molar-refractivity contribution is -0.123. The smallest absolute Gasteiger partial charge is 0.233 e. The SMILES string of the molecule is CCCn1c(-n2cc(-c3ccc(C)cc3)cn2)nc2c(NC(=O)C(C)(C)C)nc(NCc3ccccc3)nc21. The van der Waals surface area contributed by atoms with Crippen molar-refractivity contribution in [1.82, 2.24) is 29.3 Å². The molecule has 39 heavy (non-hydrogen) atoms. The molecule has 0 saturated carbocycles. The van der Waals surface area contributed by atoms with Gasteiger partial charge in [0, 0.05) is 30.3 Å². The largest absolute Gasteiger partial charge is 0.350 e. The van der Waals surface area contributed by atoms with Gasteiger partial charge in [0.1, 0.15) is 0 Å². The molecule has 2 aromatic carbocycles. The van der Waals surface area contributed by atoms with Gasteiger partial charge >= 0.3 is 0 Å². The van der Waals surface area contributed by atoms with E-state index in [2.05, 4.69) is 58.8 Å². The molecule has 5 rings (SSSR count). The summed E-state index contributed by atoms with van der Waals surface area (Å²) in [7, 11) is 0. The zero-order chi connectivity index (χ0) is 27.6. The number of fused-ring (bicyclic) bond motifs is 1. The molecule has 3 aromatic heterocycles. The van der Waals surface area contributed by atoms with Crippen molar-refractivity contribution in [3.05, 3.63) is 78.1 Å². The summed E-state index contributed by atoms with van der Waals surface area (Å²) in [6.07, 6.45) is 4.67. The van der Waals surface area contributed by atoms with Gasteiger partial charge in [-0.2, -0.15) is 15.1 Å². The third-order valence-corrected chi connectivity index (χ3v) is 6.40. The molecule has 0 bridgehead atoms. The number of hydrogen-bond acceptors (Lipinski definition) is 6. The molecule has 0 fully saturated rings. The van der Waals surface area contributed by atoms with E-state index in [1.807, 2.05) is 68.1 Å². The number of aryl methyl sites for hydroxylation is 2. The summed E-state index contributed by atoms with van der Waals surface area (Å²) in [6.45, 7) is 11.0. The van der Waals surface area contributed by atoms with Gasteiger partial charge in [-0.3, -0.25) is 9.36 Å². The lowest BCUT2D eigenvalue weighted by Gasteiger charge is -2.17. The van der Waals surface area contributed by atoms with Crippen LogP contribution in [0.15, 0.2) is 67.0 Å². The highest BCUT2D eigenvalue weighted by Gasteiger charge is 2.25. The Bertz CT molecular complexity index is 1590. The summed E-state index contributed by atoms with van der Waals surface area (Å²) in [5, 5.41) is 10.9. The first-order valence-corrected chi connectivity index (χ1v) is 13.2. The fourth-order valence-corrected chi connectivity index (χ4v) is 4.16. The molecule has 3 heterocycles. The molecule has 0 saturated heterocycles. The van der Waals surface area contributed by atoms with E-state index in [1.54, 1.807) is 4.68 Å². The number of anilines is 2. The number of nitrogens with one attached hydrogen (secondary N) is 2. The van der Waals surface area contributed by atoms with E-state index in [4.69, 9.17) is 9.97 Å². The number of carbonyl (C=O) groups excluding carboxylic acids is 1. The van der Waals surface area contributed by atoms with Crippen LogP contribution in [0.1, 0.15) is 45.2 Å². The molecule has 0 radical (unpaired) electrons. The molecule has 5 aromatic rings. The van der Waals surface area contributed by atoms with Crippen LogP contribution in [0.2, 0.25) is 0 Å². The van der Waals surface area contributed by atoms with Crippen molar-refractivity contribution in [2.75, 3.05) is 10.6 Å². The van der Waals surface area contributed by atoms with E-state index < -0.39 is 5.41 Å². The Hall–Kier alpha value is -4.53. The molecule has 1 amide bonds. The van der Waals surface area contributed by atoms with Crippen LogP contribution in [-0.4, -0.2) is 35.2 Å². The van der Waals surface area contributed by atoms with Crippen LogP contribution in [0.3, 0.4) is 0 Å². The van der Waals surface area contributed by atoms with E-state index in [0.717, 1.165) is 23.1 Å². The summed E-state index contributed by atoms with van der Waals surface area (Å²) in [6, 6.07) is 18.4. The highest BCUT2D eigenvalue weighted by Crippen LogP contribution is 2.28. The van der Waals surface area contributed by atoms with Crippen molar-refractivity contribution >= 4 is 28.8 Å². The fourth-order valence-electron chi connectivity index (χ4n) is 4.16. The first-order chi connectivity index (χ1) is 18.7. The molecule has 0 unspecified atom stereocenters. The van der Waals surface area contributed by atoms with Crippen LogP contribution in [0.25, 0.3) is 28.2 Å². The Morgan fingerprint density at radius 1 is 0.949 bits per heavy atom. The van der Waals surface area contributed by atoms with Crippen LogP contribution in [0.5, 0.6) is 0 Å². The molecule has 0 aliphatic rings. The number of hydrogen-bond donors (Lipinski definition) is 2. The summed E-state index contributed by atoms with van der Waals surface area (Å²) in [5.41, 5.74) is 4.93. The predicted octanol–water partition coefficient (Wildman–Crippen LogP) is 5.99. The molecular weight excluding hydrogens is 488 g/mol. The van der Waals surface area contributed by atoms with Gasteiger partial charge in [0.05, 0.1) is 6.20 Å². The van der Waals surface area contributed by atoms with Gasteiger partial charge in [-0.05, 0) is 24.5 Å². The van der Waals surface area contributed by atoms with Crippen molar-refractivity contribution in [3.8, 4) is 17.1 Å². The van der Waals surface area contributed by atoms with Crippen LogP contribution < -0.4 is 10.6 Å². The Kier molecular flexibility index (Phi) is 7.15. The Morgan fingerprint density at radius 3 is 2.38 bits per heavy atom. The van der Waals surface area contributed by atoms with Crippen molar-refractivity contribution in [3.63, 3.8) is 0 Å². The van der Waals surface area contributed by atoms with E-state index in [-0.39, 0.29) is 5.91 Å². The van der Waals surface area contributed by atoms with E-state index >= 15 is 0 Å². The Morgan fingerprint density at radius 2 is 1.69 bits per heavy atom. The predicted molar refractivity (Wildman–Crippen MR) is 155 cm³/mol. The number of carbonyl (C=O) groups is 1. The van der Waals surface area contributed by atoms with Gasteiger partial charge in [-0.25, -0.2) is 9.67 Å². The number of nitrogens with zero attached hydrogens (tertiary/aromatic N) is 6. The van der Waals surface area contributed by atoms with Gasteiger partial charge in [0.25, 0.3) is 0 Å². The fraction of sp³-hybridized carbons (Fsp3) is 0.300. The van der Waals surface area contributed by atoms with E-state index in [0.29, 0.717) is 42.0 Å². The van der Waals surface area contributed by atoms with Gasteiger partial charge in [-0.1, -0.05) is 87.9 Å². The minimum atomic E-state index is -0.603. The van der Waals surface area contributed by atoms with E-state index in [9.17, 15) is 4.79 Å². The first kappa shape index (κ1) is 26.1. The second-order valence-electron chi connectivity index (χ2n) is 10.7. The average Bonchev–Trinajstić information content (AvgIpc) is 3.54. The average molecular weight is 523 g/mol. The van der Waals surface area contributed by atoms with E-state index in [1.165, 1.54) is 5.56 Å². The Labute approximate surface area is 228 Å². The summed E-state index contributed by atoms with van der Waals surface area (Å²) < 4.78 is 3.79. The topological polar surface area (TPSA) is 103 Å². The number of benzene rings is 2. The Balaban J connectivity index is 1.60. The van der Waals surface area contributed by atoms with Crippen molar-refractivity contribution in [2.45, 2.75) is 54.1 Å². The number of imidazole rings is 1. The maximum atomic E-state index is 13.0. The van der Waals surface area contributed by atoms with Gasteiger partial charge < -0.3 is 10.6 Å². The minimum absolute atomic E-state index is 0.149.